The molecule has 0 fully saturated rings. The van der Waals surface area contributed by atoms with Crippen LogP contribution in [0.5, 0.6) is 5.88 Å². The van der Waals surface area contributed by atoms with Crippen LogP contribution >= 0.6 is 0 Å². The molecule has 5 heteroatoms. The lowest BCUT2D eigenvalue weighted by atomic mass is 10.3. The third-order valence-electron chi connectivity index (χ3n) is 2.99. The molecule has 3 aromatic heterocycles. The van der Waals surface area contributed by atoms with Gasteiger partial charge < -0.3 is 10.1 Å². The zero-order chi connectivity index (χ0) is 13.2. The van der Waals surface area contributed by atoms with Crippen molar-refractivity contribution in [2.45, 2.75) is 0 Å². The maximum absolute atomic E-state index is 5.16. The van der Waals surface area contributed by atoms with Gasteiger partial charge >= 0.3 is 0 Å². The number of nitrogens with zero attached hydrogens (tertiary/aromatic N) is 3. The van der Waals surface area contributed by atoms with Crippen molar-refractivity contribution >= 4 is 11.3 Å². The zero-order valence-corrected chi connectivity index (χ0v) is 10.8. The molecule has 3 aromatic rings. The molecule has 19 heavy (non-hydrogen) atoms. The summed E-state index contributed by atoms with van der Waals surface area (Å²) in [7, 11) is 3.50. The monoisotopic (exact) mass is 254 g/mol. The minimum absolute atomic E-state index is 0.595. The molecule has 0 aliphatic heterocycles. The highest BCUT2D eigenvalue weighted by Gasteiger charge is 2.08. The summed E-state index contributed by atoms with van der Waals surface area (Å²) in [5, 5.41) is 3.12. The van der Waals surface area contributed by atoms with Crippen LogP contribution in [0.15, 0.2) is 42.7 Å². The summed E-state index contributed by atoms with van der Waals surface area (Å²) in [4.78, 5) is 8.82. The van der Waals surface area contributed by atoms with Gasteiger partial charge in [-0.05, 0) is 18.2 Å². The van der Waals surface area contributed by atoms with Gasteiger partial charge in [0.15, 0.2) is 0 Å². The lowest BCUT2D eigenvalue weighted by Gasteiger charge is -2.05. The van der Waals surface area contributed by atoms with Crippen LogP contribution in [-0.4, -0.2) is 28.5 Å². The predicted octanol–water partition coefficient (Wildman–Crippen LogP) is 2.45. The first kappa shape index (κ1) is 11.5. The molecule has 5 nitrogen and oxygen atoms in total. The number of anilines is 1. The summed E-state index contributed by atoms with van der Waals surface area (Å²) < 4.78 is 7.16. The summed E-state index contributed by atoms with van der Waals surface area (Å²) in [6, 6.07) is 9.65. The third kappa shape index (κ3) is 1.99. The first-order chi connectivity index (χ1) is 9.31. The minimum atomic E-state index is 0.595. The molecule has 0 aromatic carbocycles. The van der Waals surface area contributed by atoms with Crippen molar-refractivity contribution in [3.05, 3.63) is 42.7 Å². The van der Waals surface area contributed by atoms with Crippen LogP contribution in [0.4, 0.5) is 5.69 Å². The van der Waals surface area contributed by atoms with Crippen LogP contribution in [0.2, 0.25) is 0 Å². The van der Waals surface area contributed by atoms with Crippen LogP contribution < -0.4 is 10.1 Å². The van der Waals surface area contributed by atoms with Gasteiger partial charge in [-0.15, -0.1) is 0 Å². The Kier molecular flexibility index (Phi) is 2.79. The van der Waals surface area contributed by atoms with Gasteiger partial charge in [0.25, 0.3) is 0 Å². The van der Waals surface area contributed by atoms with Crippen molar-refractivity contribution in [3.63, 3.8) is 0 Å². The van der Waals surface area contributed by atoms with Crippen molar-refractivity contribution in [2.24, 2.45) is 0 Å². The number of aromatic nitrogens is 3. The molecule has 0 saturated heterocycles. The fraction of sp³-hybridized carbons (Fsp3) is 0.143. The normalized spacial score (nSPS) is 10.6. The summed E-state index contributed by atoms with van der Waals surface area (Å²) in [6.45, 7) is 0. The van der Waals surface area contributed by atoms with Gasteiger partial charge in [0, 0.05) is 19.3 Å². The number of ether oxygens (including phenoxy) is 1. The molecule has 0 aliphatic carbocycles. The van der Waals surface area contributed by atoms with Gasteiger partial charge in [-0.3, -0.25) is 4.40 Å². The number of pyridine rings is 2. The smallest absolute Gasteiger partial charge is 0.213 e. The molecule has 0 unspecified atom stereocenters. The molecule has 0 saturated carbocycles. The Morgan fingerprint density at radius 1 is 1.21 bits per heavy atom. The van der Waals surface area contributed by atoms with Crippen LogP contribution in [0.3, 0.4) is 0 Å². The Hall–Kier alpha value is -2.56. The highest BCUT2D eigenvalue weighted by Crippen LogP contribution is 2.22. The maximum Gasteiger partial charge on any atom is 0.213 e. The Morgan fingerprint density at radius 2 is 2.11 bits per heavy atom. The van der Waals surface area contributed by atoms with Crippen molar-refractivity contribution in [2.75, 3.05) is 19.5 Å². The largest absolute Gasteiger partial charge is 0.481 e. The average Bonchev–Trinajstić information content (AvgIpc) is 2.90. The topological polar surface area (TPSA) is 51.5 Å². The van der Waals surface area contributed by atoms with E-state index in [1.807, 2.05) is 54.2 Å². The zero-order valence-electron chi connectivity index (χ0n) is 10.8. The predicted molar refractivity (Wildman–Crippen MR) is 74.5 cm³/mol. The fourth-order valence-electron chi connectivity index (χ4n) is 1.99. The highest BCUT2D eigenvalue weighted by molar-refractivity contribution is 5.62. The van der Waals surface area contributed by atoms with Gasteiger partial charge in [0.2, 0.25) is 5.88 Å². The molecule has 1 N–H and O–H groups in total. The van der Waals surface area contributed by atoms with Gasteiger partial charge in [-0.25, -0.2) is 9.97 Å². The fourth-order valence-corrected chi connectivity index (χ4v) is 1.99. The molecule has 0 amide bonds. The second-order valence-corrected chi connectivity index (χ2v) is 4.10. The second-order valence-electron chi connectivity index (χ2n) is 4.10. The number of imidazole rings is 1. The number of fused-ring (bicyclic) bond motifs is 1. The standard InChI is InChI=1S/C14H14N4O/c1-15-10-6-7-13-16-8-12(18(13)9-10)11-4-3-5-14(17-11)19-2/h3-9,15H,1-2H3. The molecule has 0 radical (unpaired) electrons. The van der Waals surface area contributed by atoms with Gasteiger partial charge in [-0.1, -0.05) is 6.07 Å². The van der Waals surface area contributed by atoms with Gasteiger partial charge in [0.1, 0.15) is 5.65 Å². The van der Waals surface area contributed by atoms with E-state index in [0.717, 1.165) is 22.7 Å². The summed E-state index contributed by atoms with van der Waals surface area (Å²) in [5.41, 5.74) is 3.68. The summed E-state index contributed by atoms with van der Waals surface area (Å²) >= 11 is 0. The Labute approximate surface area is 110 Å². The van der Waals surface area contributed by atoms with E-state index in [9.17, 15) is 0 Å². The van der Waals surface area contributed by atoms with E-state index in [1.54, 1.807) is 7.11 Å². The summed E-state index contributed by atoms with van der Waals surface area (Å²) in [6.07, 6.45) is 3.81. The number of methoxy groups -OCH3 is 1. The maximum atomic E-state index is 5.16. The summed E-state index contributed by atoms with van der Waals surface area (Å²) in [5.74, 6) is 0.595. The number of nitrogens with one attached hydrogen (secondary N) is 1. The molecule has 96 valence electrons. The lowest BCUT2D eigenvalue weighted by Crippen LogP contribution is -1.95. The second kappa shape index (κ2) is 4.61. The van der Waals surface area contributed by atoms with Crippen molar-refractivity contribution in [1.82, 2.24) is 14.4 Å². The van der Waals surface area contributed by atoms with E-state index in [4.69, 9.17) is 4.74 Å². The molecule has 0 atom stereocenters. The SMILES string of the molecule is CNc1ccc2ncc(-c3cccc(OC)n3)n2c1. The number of rotatable bonds is 3. The Bertz CT molecular complexity index is 720. The van der Waals surface area contributed by atoms with Crippen molar-refractivity contribution < 1.29 is 4.74 Å². The molecule has 0 spiro atoms. The van der Waals surface area contributed by atoms with Crippen LogP contribution in [0.25, 0.3) is 17.0 Å². The molecule has 0 aliphatic rings. The van der Waals surface area contributed by atoms with E-state index in [0.29, 0.717) is 5.88 Å². The van der Waals surface area contributed by atoms with E-state index in [2.05, 4.69) is 15.3 Å². The molecule has 3 rings (SSSR count). The number of hydrogen-bond donors (Lipinski definition) is 1. The van der Waals surface area contributed by atoms with E-state index in [1.165, 1.54) is 0 Å². The lowest BCUT2D eigenvalue weighted by molar-refractivity contribution is 0.398. The first-order valence-electron chi connectivity index (χ1n) is 5.98. The van der Waals surface area contributed by atoms with Gasteiger partial charge in [0.05, 0.1) is 30.4 Å². The van der Waals surface area contributed by atoms with Crippen molar-refractivity contribution in [1.29, 1.82) is 0 Å². The quantitative estimate of drug-likeness (QED) is 0.780. The van der Waals surface area contributed by atoms with Crippen LogP contribution in [-0.2, 0) is 0 Å². The van der Waals surface area contributed by atoms with E-state index in [-0.39, 0.29) is 0 Å². The average molecular weight is 254 g/mol. The first-order valence-corrected chi connectivity index (χ1v) is 5.98. The van der Waals surface area contributed by atoms with Gasteiger partial charge in [-0.2, -0.15) is 0 Å². The molecular weight excluding hydrogens is 240 g/mol. The highest BCUT2D eigenvalue weighted by atomic mass is 16.5. The Morgan fingerprint density at radius 3 is 2.89 bits per heavy atom. The molecule has 3 heterocycles. The number of hydrogen-bond acceptors (Lipinski definition) is 4. The van der Waals surface area contributed by atoms with Crippen LogP contribution in [0.1, 0.15) is 0 Å². The minimum Gasteiger partial charge on any atom is -0.481 e. The third-order valence-corrected chi connectivity index (χ3v) is 2.99. The van der Waals surface area contributed by atoms with E-state index >= 15 is 0 Å². The van der Waals surface area contributed by atoms with Crippen molar-refractivity contribution in [3.8, 4) is 17.3 Å². The van der Waals surface area contributed by atoms with E-state index < -0.39 is 0 Å². The molecular formula is C14H14N4O. The van der Waals surface area contributed by atoms with Crippen LogP contribution in [0, 0.1) is 0 Å². The molecule has 0 bridgehead atoms. The Balaban J connectivity index is 2.18.